The average molecular weight is 352 g/mol. The van der Waals surface area contributed by atoms with Gasteiger partial charge in [-0.05, 0) is 42.1 Å². The summed E-state index contributed by atoms with van der Waals surface area (Å²) in [6, 6.07) is 13.7. The Morgan fingerprint density at radius 2 is 1.87 bits per heavy atom. The number of thiocarbonyl (C=S) groups is 1. The summed E-state index contributed by atoms with van der Waals surface area (Å²) < 4.78 is 26.3. The van der Waals surface area contributed by atoms with Gasteiger partial charge in [0, 0.05) is 18.4 Å². The van der Waals surface area contributed by atoms with Crippen LogP contribution in [0.4, 0.5) is 14.5 Å². The number of rotatable bonds is 7. The molecule has 2 N–H and O–H groups in total. The monoisotopic (exact) mass is 352 g/mol. The molecule has 2 rings (SSSR count). The van der Waals surface area contributed by atoms with E-state index in [2.05, 4.69) is 22.8 Å². The van der Waals surface area contributed by atoms with E-state index in [1.165, 1.54) is 17.7 Å². The number of anilines is 1. The minimum absolute atomic E-state index is 0.169. The molecule has 0 aromatic heterocycles. The SMILES string of the molecule is Fc1ccc(NC(=S)NCCCSCc2ccccc2)c(F)c1. The van der Waals surface area contributed by atoms with Crippen LogP contribution in [0.3, 0.4) is 0 Å². The van der Waals surface area contributed by atoms with Crippen LogP contribution < -0.4 is 10.6 Å². The molecule has 0 bridgehead atoms. The first kappa shape index (κ1) is 17.7. The van der Waals surface area contributed by atoms with Crippen molar-refractivity contribution >= 4 is 34.8 Å². The van der Waals surface area contributed by atoms with Crippen LogP contribution in [-0.4, -0.2) is 17.4 Å². The highest BCUT2D eigenvalue weighted by molar-refractivity contribution is 7.98. The normalized spacial score (nSPS) is 10.3. The zero-order chi connectivity index (χ0) is 16.5. The van der Waals surface area contributed by atoms with Gasteiger partial charge in [0.05, 0.1) is 5.69 Å². The maximum atomic E-state index is 13.5. The number of thioether (sulfide) groups is 1. The molecule has 0 unspecified atom stereocenters. The topological polar surface area (TPSA) is 24.1 Å². The largest absolute Gasteiger partial charge is 0.362 e. The fourth-order valence-corrected chi connectivity index (χ4v) is 3.03. The van der Waals surface area contributed by atoms with Gasteiger partial charge in [-0.15, -0.1) is 0 Å². The zero-order valence-electron chi connectivity index (χ0n) is 12.5. The second-order valence-electron chi connectivity index (χ2n) is 4.90. The van der Waals surface area contributed by atoms with Crippen LogP contribution in [0.1, 0.15) is 12.0 Å². The van der Waals surface area contributed by atoms with E-state index < -0.39 is 11.6 Å². The highest BCUT2D eigenvalue weighted by Gasteiger charge is 2.05. The van der Waals surface area contributed by atoms with Crippen molar-refractivity contribution in [1.29, 1.82) is 0 Å². The van der Waals surface area contributed by atoms with Crippen molar-refractivity contribution < 1.29 is 8.78 Å². The molecule has 0 saturated carbocycles. The highest BCUT2D eigenvalue weighted by atomic mass is 32.2. The molecule has 0 aliphatic rings. The second kappa shape index (κ2) is 9.47. The average Bonchev–Trinajstić information content (AvgIpc) is 2.54. The van der Waals surface area contributed by atoms with Crippen LogP contribution in [0.25, 0.3) is 0 Å². The zero-order valence-corrected chi connectivity index (χ0v) is 14.2. The Balaban J connectivity index is 1.59. The predicted molar refractivity (Wildman–Crippen MR) is 97.8 cm³/mol. The van der Waals surface area contributed by atoms with Crippen molar-refractivity contribution in [3.63, 3.8) is 0 Å². The molecule has 0 fully saturated rings. The molecule has 2 aromatic rings. The predicted octanol–water partition coefficient (Wildman–Crippen LogP) is 4.57. The van der Waals surface area contributed by atoms with E-state index in [0.717, 1.165) is 24.0 Å². The van der Waals surface area contributed by atoms with Crippen molar-refractivity contribution in [1.82, 2.24) is 5.32 Å². The van der Waals surface area contributed by atoms with Gasteiger partial charge >= 0.3 is 0 Å². The lowest BCUT2D eigenvalue weighted by Crippen LogP contribution is -2.29. The molecule has 0 aliphatic carbocycles. The number of benzene rings is 2. The van der Waals surface area contributed by atoms with Gasteiger partial charge in [-0.2, -0.15) is 11.8 Å². The van der Waals surface area contributed by atoms with Crippen molar-refractivity contribution in [3.05, 3.63) is 65.7 Å². The number of nitrogens with one attached hydrogen (secondary N) is 2. The van der Waals surface area contributed by atoms with Gasteiger partial charge < -0.3 is 10.6 Å². The first-order valence-corrected chi connectivity index (χ1v) is 8.83. The third-order valence-electron chi connectivity index (χ3n) is 3.04. The summed E-state index contributed by atoms with van der Waals surface area (Å²) in [5, 5.41) is 6.08. The van der Waals surface area contributed by atoms with Crippen LogP contribution in [0.5, 0.6) is 0 Å². The lowest BCUT2D eigenvalue weighted by molar-refractivity contribution is 0.586. The number of hydrogen-bond donors (Lipinski definition) is 2. The summed E-state index contributed by atoms with van der Waals surface area (Å²) >= 11 is 6.95. The van der Waals surface area contributed by atoms with E-state index in [0.29, 0.717) is 11.7 Å². The molecular weight excluding hydrogens is 334 g/mol. The lowest BCUT2D eigenvalue weighted by Gasteiger charge is -2.11. The van der Waals surface area contributed by atoms with Gasteiger partial charge in [0.25, 0.3) is 0 Å². The molecule has 0 saturated heterocycles. The Kier molecular flexibility index (Phi) is 7.29. The van der Waals surface area contributed by atoms with Crippen LogP contribution in [0.15, 0.2) is 48.5 Å². The summed E-state index contributed by atoms with van der Waals surface area (Å²) in [4.78, 5) is 0. The van der Waals surface area contributed by atoms with E-state index in [1.54, 1.807) is 0 Å². The Bertz CT molecular complexity index is 636. The Hall–Kier alpha value is -1.66. The maximum Gasteiger partial charge on any atom is 0.170 e. The summed E-state index contributed by atoms with van der Waals surface area (Å²) in [5.74, 6) is 0.731. The minimum atomic E-state index is -0.660. The molecule has 2 aromatic carbocycles. The van der Waals surface area contributed by atoms with Crippen molar-refractivity contribution in [2.75, 3.05) is 17.6 Å². The van der Waals surface area contributed by atoms with Gasteiger partial charge in [0.1, 0.15) is 11.6 Å². The van der Waals surface area contributed by atoms with Gasteiger partial charge in [-0.1, -0.05) is 30.3 Å². The Labute approximate surface area is 144 Å². The molecule has 0 atom stereocenters. The van der Waals surface area contributed by atoms with Crippen molar-refractivity contribution in [2.45, 2.75) is 12.2 Å². The highest BCUT2D eigenvalue weighted by Crippen LogP contribution is 2.15. The molecule has 122 valence electrons. The van der Waals surface area contributed by atoms with E-state index in [9.17, 15) is 8.78 Å². The third-order valence-corrected chi connectivity index (χ3v) is 4.40. The quantitative estimate of drug-likeness (QED) is 0.563. The van der Waals surface area contributed by atoms with Gasteiger partial charge in [-0.3, -0.25) is 0 Å². The van der Waals surface area contributed by atoms with Gasteiger partial charge in [-0.25, -0.2) is 8.78 Å². The third kappa shape index (κ3) is 6.54. The summed E-state index contributed by atoms with van der Waals surface area (Å²) in [5.41, 5.74) is 1.48. The number of hydrogen-bond acceptors (Lipinski definition) is 2. The first-order chi connectivity index (χ1) is 11.1. The number of halogens is 2. The fraction of sp³-hybridized carbons (Fsp3) is 0.235. The van der Waals surface area contributed by atoms with Crippen molar-refractivity contribution in [3.8, 4) is 0 Å². The second-order valence-corrected chi connectivity index (χ2v) is 6.41. The van der Waals surface area contributed by atoms with Gasteiger partial charge in [0.15, 0.2) is 5.11 Å². The summed E-state index contributed by atoms with van der Waals surface area (Å²) in [7, 11) is 0. The van der Waals surface area contributed by atoms with E-state index >= 15 is 0 Å². The molecule has 6 heteroatoms. The van der Waals surface area contributed by atoms with E-state index in [-0.39, 0.29) is 5.69 Å². The summed E-state index contributed by atoms with van der Waals surface area (Å²) in [6.45, 7) is 0.705. The summed E-state index contributed by atoms with van der Waals surface area (Å²) in [6.07, 6.45) is 0.950. The maximum absolute atomic E-state index is 13.5. The fourth-order valence-electron chi connectivity index (χ4n) is 1.90. The standard InChI is InChI=1S/C17H18F2N2S2/c18-14-7-8-16(15(19)11-14)21-17(22)20-9-4-10-23-12-13-5-2-1-3-6-13/h1-3,5-8,11H,4,9-10,12H2,(H2,20,21,22). The van der Waals surface area contributed by atoms with E-state index in [4.69, 9.17) is 12.2 Å². The first-order valence-electron chi connectivity index (χ1n) is 7.27. The minimum Gasteiger partial charge on any atom is -0.362 e. The Morgan fingerprint density at radius 1 is 1.09 bits per heavy atom. The molecule has 0 amide bonds. The molecule has 2 nitrogen and oxygen atoms in total. The van der Waals surface area contributed by atoms with Gasteiger partial charge in [0.2, 0.25) is 0 Å². The molecular formula is C17H18F2N2S2. The smallest absolute Gasteiger partial charge is 0.170 e. The van der Waals surface area contributed by atoms with Crippen LogP contribution in [0, 0.1) is 11.6 Å². The molecule has 0 heterocycles. The van der Waals surface area contributed by atoms with Crippen molar-refractivity contribution in [2.24, 2.45) is 0 Å². The molecule has 0 radical (unpaired) electrons. The lowest BCUT2D eigenvalue weighted by atomic mass is 10.2. The van der Waals surface area contributed by atoms with Crippen LogP contribution >= 0.6 is 24.0 Å². The molecule has 23 heavy (non-hydrogen) atoms. The van der Waals surface area contributed by atoms with Crippen LogP contribution in [0.2, 0.25) is 0 Å². The van der Waals surface area contributed by atoms with E-state index in [1.807, 2.05) is 30.0 Å². The molecule has 0 aliphatic heterocycles. The Morgan fingerprint density at radius 3 is 2.61 bits per heavy atom. The van der Waals surface area contributed by atoms with Crippen LogP contribution in [-0.2, 0) is 5.75 Å². The molecule has 0 spiro atoms.